The third-order valence-electron chi connectivity index (χ3n) is 6.10. The molecule has 3 N–H and O–H groups in total. The Kier molecular flexibility index (Phi) is 8.12. The van der Waals surface area contributed by atoms with E-state index in [0.29, 0.717) is 23.0 Å². The molecule has 3 aromatic heterocycles. The third-order valence-corrected chi connectivity index (χ3v) is 6.10. The van der Waals surface area contributed by atoms with Crippen molar-refractivity contribution in [2.45, 2.75) is 26.7 Å². The number of benzene rings is 1. The molecule has 1 amide bonds. The summed E-state index contributed by atoms with van der Waals surface area (Å²) in [6, 6.07) is 12.4. The Morgan fingerprint density at radius 2 is 1.81 bits per heavy atom. The Morgan fingerprint density at radius 3 is 2.53 bits per heavy atom. The van der Waals surface area contributed by atoms with Gasteiger partial charge in [0.05, 0.1) is 11.4 Å². The van der Waals surface area contributed by atoms with E-state index in [0.717, 1.165) is 42.8 Å². The fraction of sp³-hybridized carbons (Fsp3) is 0.333. The number of aromatic nitrogens is 4. The quantitative estimate of drug-likeness (QED) is 0.388. The number of hydrogen-bond donors (Lipinski definition) is 3. The second-order valence-corrected chi connectivity index (χ2v) is 8.91. The first-order valence-electron chi connectivity index (χ1n) is 12.4. The number of H-pyrrole nitrogens is 2. The zero-order valence-corrected chi connectivity index (χ0v) is 21.0. The SMILES string of the molecule is CCCC.CN1CCN(C(=O)c2cc3cc(Nc4nccc(-c5cc(=O)cc[nH]5)n4)ccc3[nH]2)CC1. The number of nitrogens with one attached hydrogen (secondary N) is 3. The van der Waals surface area contributed by atoms with E-state index >= 15 is 0 Å². The zero-order valence-electron chi connectivity index (χ0n) is 21.0. The summed E-state index contributed by atoms with van der Waals surface area (Å²) >= 11 is 0. The van der Waals surface area contributed by atoms with Crippen LogP contribution in [0.25, 0.3) is 22.3 Å². The molecule has 0 atom stereocenters. The summed E-state index contributed by atoms with van der Waals surface area (Å²) in [5, 5.41) is 4.13. The number of anilines is 2. The highest BCUT2D eigenvalue weighted by atomic mass is 16.2. The lowest BCUT2D eigenvalue weighted by atomic mass is 10.2. The van der Waals surface area contributed by atoms with Gasteiger partial charge in [0, 0.05) is 67.3 Å². The highest BCUT2D eigenvalue weighted by Crippen LogP contribution is 2.23. The number of fused-ring (bicyclic) bond motifs is 1. The molecule has 9 heteroatoms. The smallest absolute Gasteiger partial charge is 0.270 e. The minimum absolute atomic E-state index is 0.0247. The molecule has 0 bridgehead atoms. The van der Waals surface area contributed by atoms with Crippen molar-refractivity contribution in [3.05, 3.63) is 70.8 Å². The van der Waals surface area contributed by atoms with Crippen LogP contribution in [0.3, 0.4) is 0 Å². The summed E-state index contributed by atoms with van der Waals surface area (Å²) in [5.41, 5.74) is 3.43. The van der Waals surface area contributed by atoms with Crippen LogP contribution in [0.4, 0.5) is 11.6 Å². The zero-order chi connectivity index (χ0) is 25.5. The minimum atomic E-state index is -0.0910. The maximum absolute atomic E-state index is 12.9. The standard InChI is InChI=1S/C23H23N7O2.C4H10/c1-29-8-10-30(11-9-29)22(32)21-13-15-12-16(2-3-18(15)27-21)26-23-25-7-5-19(28-23)20-14-17(31)4-6-24-20;1-3-4-2/h2-7,12-14,27H,8-11H2,1H3,(H,24,31)(H,25,26,28);3-4H2,1-2H3. The van der Waals surface area contributed by atoms with Crippen LogP contribution in [-0.4, -0.2) is 68.9 Å². The molecule has 0 spiro atoms. The summed E-state index contributed by atoms with van der Waals surface area (Å²) in [6.07, 6.45) is 5.87. The van der Waals surface area contributed by atoms with Crippen LogP contribution in [0.2, 0.25) is 0 Å². The molecular formula is C27H33N7O2. The van der Waals surface area contributed by atoms with Crippen molar-refractivity contribution in [2.24, 2.45) is 0 Å². The first kappa shape index (κ1) is 25.1. The van der Waals surface area contributed by atoms with Crippen molar-refractivity contribution in [1.82, 2.24) is 29.7 Å². The number of likely N-dealkylation sites (N-methyl/N-ethyl adjacent to an activating group) is 1. The maximum atomic E-state index is 12.9. The molecule has 0 unspecified atom stereocenters. The summed E-state index contributed by atoms with van der Waals surface area (Å²) < 4.78 is 0. The van der Waals surface area contributed by atoms with Gasteiger partial charge in [-0.05, 0) is 37.4 Å². The minimum Gasteiger partial charge on any atom is -0.360 e. The Balaban J connectivity index is 0.000000709. The van der Waals surface area contributed by atoms with E-state index in [1.807, 2.05) is 29.2 Å². The molecule has 5 rings (SSSR count). The van der Waals surface area contributed by atoms with Gasteiger partial charge in [0.25, 0.3) is 5.91 Å². The van der Waals surface area contributed by atoms with Gasteiger partial charge in [0.1, 0.15) is 5.69 Å². The third kappa shape index (κ3) is 6.17. The van der Waals surface area contributed by atoms with Crippen molar-refractivity contribution in [3.8, 4) is 11.4 Å². The lowest BCUT2D eigenvalue weighted by Crippen LogP contribution is -2.47. The van der Waals surface area contributed by atoms with Crippen LogP contribution >= 0.6 is 0 Å². The molecule has 1 aliphatic rings. The molecule has 1 aliphatic heterocycles. The molecule has 0 saturated carbocycles. The number of unbranched alkanes of at least 4 members (excludes halogenated alkanes) is 1. The molecule has 1 saturated heterocycles. The number of aromatic amines is 2. The second-order valence-electron chi connectivity index (χ2n) is 8.91. The normalized spacial score (nSPS) is 13.8. The van der Waals surface area contributed by atoms with Gasteiger partial charge in [-0.15, -0.1) is 0 Å². The number of nitrogens with zero attached hydrogens (tertiary/aromatic N) is 4. The van der Waals surface area contributed by atoms with Gasteiger partial charge in [0.15, 0.2) is 5.43 Å². The van der Waals surface area contributed by atoms with Crippen LogP contribution in [0, 0.1) is 0 Å². The fourth-order valence-corrected chi connectivity index (χ4v) is 3.80. The number of rotatable bonds is 5. The first-order valence-corrected chi connectivity index (χ1v) is 12.4. The van der Waals surface area contributed by atoms with E-state index in [1.165, 1.54) is 25.0 Å². The van der Waals surface area contributed by atoms with E-state index in [1.54, 1.807) is 18.5 Å². The summed E-state index contributed by atoms with van der Waals surface area (Å²) in [7, 11) is 2.07. The van der Waals surface area contributed by atoms with E-state index in [-0.39, 0.29) is 11.3 Å². The lowest BCUT2D eigenvalue weighted by molar-refractivity contribution is 0.0659. The van der Waals surface area contributed by atoms with Crippen LogP contribution in [0.15, 0.2) is 59.7 Å². The van der Waals surface area contributed by atoms with Gasteiger partial charge in [-0.1, -0.05) is 26.7 Å². The van der Waals surface area contributed by atoms with E-state index in [4.69, 9.17) is 0 Å². The Bertz CT molecular complexity index is 1370. The molecule has 0 aliphatic carbocycles. The monoisotopic (exact) mass is 487 g/mol. The highest BCUT2D eigenvalue weighted by Gasteiger charge is 2.21. The van der Waals surface area contributed by atoms with Crippen molar-refractivity contribution in [2.75, 3.05) is 38.5 Å². The van der Waals surface area contributed by atoms with E-state index in [2.05, 4.69) is 51.0 Å². The predicted molar refractivity (Wildman–Crippen MR) is 144 cm³/mol. The fourth-order valence-electron chi connectivity index (χ4n) is 3.80. The maximum Gasteiger partial charge on any atom is 0.270 e. The number of pyridine rings is 1. The summed E-state index contributed by atoms with van der Waals surface area (Å²) in [4.78, 5) is 43.6. The Labute approximate surface area is 210 Å². The molecule has 36 heavy (non-hydrogen) atoms. The molecule has 0 radical (unpaired) electrons. The Morgan fingerprint density at radius 1 is 1.03 bits per heavy atom. The number of hydrogen-bond acceptors (Lipinski definition) is 6. The molecule has 4 aromatic rings. The number of carbonyl (C=O) groups excluding carboxylic acids is 1. The van der Waals surface area contributed by atoms with E-state index in [9.17, 15) is 9.59 Å². The van der Waals surface area contributed by atoms with Crippen LogP contribution in [0.5, 0.6) is 0 Å². The summed E-state index contributed by atoms with van der Waals surface area (Å²) in [5.74, 6) is 0.438. The van der Waals surface area contributed by atoms with Crippen molar-refractivity contribution in [1.29, 1.82) is 0 Å². The van der Waals surface area contributed by atoms with Crippen molar-refractivity contribution < 1.29 is 4.79 Å². The number of amides is 1. The average molecular weight is 488 g/mol. The molecule has 1 aromatic carbocycles. The topological polar surface area (TPSA) is 110 Å². The lowest BCUT2D eigenvalue weighted by Gasteiger charge is -2.32. The number of piperazine rings is 1. The largest absolute Gasteiger partial charge is 0.360 e. The predicted octanol–water partition coefficient (Wildman–Crippen LogP) is 4.25. The highest BCUT2D eigenvalue weighted by molar-refractivity contribution is 5.98. The summed E-state index contributed by atoms with van der Waals surface area (Å²) in [6.45, 7) is 7.60. The molecule has 188 valence electrons. The van der Waals surface area contributed by atoms with Gasteiger partial charge < -0.3 is 25.1 Å². The molecule has 1 fully saturated rings. The molecular weight excluding hydrogens is 454 g/mol. The average Bonchev–Trinajstić information content (AvgIpc) is 3.32. The second kappa shape index (κ2) is 11.6. The van der Waals surface area contributed by atoms with Gasteiger partial charge in [-0.2, -0.15) is 0 Å². The van der Waals surface area contributed by atoms with Crippen LogP contribution in [-0.2, 0) is 0 Å². The molecule has 9 nitrogen and oxygen atoms in total. The molecule has 4 heterocycles. The van der Waals surface area contributed by atoms with Crippen LogP contribution in [0.1, 0.15) is 37.2 Å². The van der Waals surface area contributed by atoms with Crippen molar-refractivity contribution >= 4 is 28.4 Å². The first-order chi connectivity index (χ1) is 17.5. The van der Waals surface area contributed by atoms with Crippen LogP contribution < -0.4 is 10.7 Å². The van der Waals surface area contributed by atoms with Gasteiger partial charge in [-0.3, -0.25) is 9.59 Å². The van der Waals surface area contributed by atoms with Gasteiger partial charge in [0.2, 0.25) is 5.95 Å². The number of carbonyl (C=O) groups is 1. The van der Waals surface area contributed by atoms with Gasteiger partial charge >= 0.3 is 0 Å². The van der Waals surface area contributed by atoms with E-state index < -0.39 is 0 Å². The Hall–Kier alpha value is -3.98. The van der Waals surface area contributed by atoms with Crippen molar-refractivity contribution in [3.63, 3.8) is 0 Å². The van der Waals surface area contributed by atoms with Gasteiger partial charge in [-0.25, -0.2) is 9.97 Å².